The van der Waals surface area contributed by atoms with E-state index in [9.17, 15) is 9.90 Å². The van der Waals surface area contributed by atoms with E-state index in [1.54, 1.807) is 6.92 Å². The standard InChI is InChI=1S/C17H26ClN3O2/c1-13-10-20(7-8-21(13)11-14(2)22)12-17(23)19-9-15-5-3-4-6-16(15)18/h3-6,13-14,22H,7-12H2,1-2H3,(H,19,23)/t13-,14+/m0/s1. The molecule has 0 saturated carbocycles. The van der Waals surface area contributed by atoms with Crippen molar-refractivity contribution in [1.82, 2.24) is 15.1 Å². The summed E-state index contributed by atoms with van der Waals surface area (Å²) in [5.74, 6) is 0.0149. The summed E-state index contributed by atoms with van der Waals surface area (Å²) in [6, 6.07) is 7.87. The van der Waals surface area contributed by atoms with Crippen LogP contribution in [0.1, 0.15) is 19.4 Å². The number of rotatable bonds is 6. The third-order valence-corrected chi connectivity index (χ3v) is 4.52. The normalized spacial score (nSPS) is 21.1. The summed E-state index contributed by atoms with van der Waals surface area (Å²) in [6.07, 6.45) is -0.317. The quantitative estimate of drug-likeness (QED) is 0.821. The molecule has 0 radical (unpaired) electrons. The molecule has 1 aliphatic rings. The summed E-state index contributed by atoms with van der Waals surface area (Å²) in [4.78, 5) is 16.5. The molecule has 0 spiro atoms. The first-order chi connectivity index (χ1) is 11.0. The SMILES string of the molecule is C[C@@H](O)CN1CCN(CC(=O)NCc2ccccc2Cl)C[C@@H]1C. The van der Waals surface area contributed by atoms with E-state index < -0.39 is 0 Å². The largest absolute Gasteiger partial charge is 0.392 e. The van der Waals surface area contributed by atoms with Crippen molar-refractivity contribution < 1.29 is 9.90 Å². The van der Waals surface area contributed by atoms with Crippen LogP contribution < -0.4 is 5.32 Å². The number of carbonyl (C=O) groups is 1. The van der Waals surface area contributed by atoms with E-state index in [-0.39, 0.29) is 12.0 Å². The fourth-order valence-electron chi connectivity index (χ4n) is 2.92. The van der Waals surface area contributed by atoms with Crippen molar-refractivity contribution in [2.75, 3.05) is 32.7 Å². The Labute approximate surface area is 143 Å². The van der Waals surface area contributed by atoms with Crippen LogP contribution in [0.25, 0.3) is 0 Å². The molecule has 5 nitrogen and oxygen atoms in total. The van der Waals surface area contributed by atoms with E-state index in [4.69, 9.17) is 11.6 Å². The van der Waals surface area contributed by atoms with Crippen molar-refractivity contribution in [2.24, 2.45) is 0 Å². The first-order valence-electron chi connectivity index (χ1n) is 8.10. The first-order valence-corrected chi connectivity index (χ1v) is 8.48. The minimum Gasteiger partial charge on any atom is -0.392 e. The van der Waals surface area contributed by atoms with Crippen molar-refractivity contribution >= 4 is 17.5 Å². The van der Waals surface area contributed by atoms with Crippen LogP contribution >= 0.6 is 11.6 Å². The van der Waals surface area contributed by atoms with Gasteiger partial charge in [-0.25, -0.2) is 0 Å². The molecule has 2 N–H and O–H groups in total. The molecule has 1 fully saturated rings. The van der Waals surface area contributed by atoms with Crippen molar-refractivity contribution in [3.05, 3.63) is 34.9 Å². The van der Waals surface area contributed by atoms with Gasteiger partial charge in [0.1, 0.15) is 0 Å². The van der Waals surface area contributed by atoms with Gasteiger partial charge in [-0.3, -0.25) is 14.6 Å². The van der Waals surface area contributed by atoms with Crippen molar-refractivity contribution in [3.63, 3.8) is 0 Å². The molecule has 1 aliphatic heterocycles. The molecule has 0 unspecified atom stereocenters. The predicted molar refractivity (Wildman–Crippen MR) is 92.5 cm³/mol. The number of aliphatic hydroxyl groups is 1. The Bertz CT molecular complexity index is 524. The Morgan fingerprint density at radius 2 is 2.17 bits per heavy atom. The number of benzene rings is 1. The number of nitrogens with one attached hydrogen (secondary N) is 1. The zero-order valence-corrected chi connectivity index (χ0v) is 14.6. The molecule has 1 aromatic carbocycles. The molecule has 1 saturated heterocycles. The molecule has 1 heterocycles. The van der Waals surface area contributed by atoms with Crippen LogP contribution in [0.5, 0.6) is 0 Å². The zero-order chi connectivity index (χ0) is 16.8. The fourth-order valence-corrected chi connectivity index (χ4v) is 3.12. The maximum Gasteiger partial charge on any atom is 0.234 e. The lowest BCUT2D eigenvalue weighted by Crippen LogP contribution is -2.55. The Kier molecular flexibility index (Phi) is 6.84. The number of halogens is 1. The second-order valence-electron chi connectivity index (χ2n) is 6.30. The van der Waals surface area contributed by atoms with Crippen LogP contribution in [0.4, 0.5) is 0 Å². The summed E-state index contributed by atoms with van der Waals surface area (Å²) in [5, 5.41) is 13.1. The number of hydrogen-bond donors (Lipinski definition) is 2. The van der Waals surface area contributed by atoms with Crippen LogP contribution in [-0.4, -0.2) is 65.7 Å². The van der Waals surface area contributed by atoms with E-state index in [1.807, 2.05) is 24.3 Å². The summed E-state index contributed by atoms with van der Waals surface area (Å²) in [5.41, 5.74) is 0.928. The summed E-state index contributed by atoms with van der Waals surface area (Å²) in [7, 11) is 0. The summed E-state index contributed by atoms with van der Waals surface area (Å²) >= 11 is 6.09. The van der Waals surface area contributed by atoms with Crippen LogP contribution in [0.2, 0.25) is 5.02 Å². The van der Waals surface area contributed by atoms with Crippen LogP contribution in [0.3, 0.4) is 0 Å². The average Bonchev–Trinajstić information content (AvgIpc) is 2.49. The number of piperazine rings is 1. The molecular weight excluding hydrogens is 314 g/mol. The first kappa shape index (κ1) is 18.2. The van der Waals surface area contributed by atoms with Gasteiger partial charge in [-0.1, -0.05) is 29.8 Å². The highest BCUT2D eigenvalue weighted by Gasteiger charge is 2.25. The molecule has 1 amide bonds. The summed E-state index contributed by atoms with van der Waals surface area (Å²) < 4.78 is 0. The Morgan fingerprint density at radius 3 is 2.83 bits per heavy atom. The van der Waals surface area contributed by atoms with Gasteiger partial charge in [-0.15, -0.1) is 0 Å². The third-order valence-electron chi connectivity index (χ3n) is 4.15. The van der Waals surface area contributed by atoms with E-state index in [2.05, 4.69) is 22.0 Å². The minimum absolute atomic E-state index is 0.0149. The smallest absolute Gasteiger partial charge is 0.234 e. The number of carbonyl (C=O) groups excluding carboxylic acids is 1. The van der Waals surface area contributed by atoms with Crippen molar-refractivity contribution in [3.8, 4) is 0 Å². The Balaban J connectivity index is 1.75. The molecule has 1 aromatic rings. The molecule has 0 bridgehead atoms. The van der Waals surface area contributed by atoms with Crippen molar-refractivity contribution in [2.45, 2.75) is 32.5 Å². The van der Waals surface area contributed by atoms with E-state index >= 15 is 0 Å². The number of aliphatic hydroxyl groups excluding tert-OH is 1. The molecule has 0 aliphatic carbocycles. The van der Waals surface area contributed by atoms with Crippen LogP contribution in [-0.2, 0) is 11.3 Å². The molecular formula is C17H26ClN3O2. The molecule has 128 valence electrons. The lowest BCUT2D eigenvalue weighted by Gasteiger charge is -2.40. The molecule has 6 heteroatoms. The highest BCUT2D eigenvalue weighted by Crippen LogP contribution is 2.14. The summed E-state index contributed by atoms with van der Waals surface area (Å²) in [6.45, 7) is 8.05. The maximum absolute atomic E-state index is 12.1. The van der Waals surface area contributed by atoms with Crippen molar-refractivity contribution in [1.29, 1.82) is 0 Å². The second-order valence-corrected chi connectivity index (χ2v) is 6.70. The van der Waals surface area contributed by atoms with Gasteiger partial charge in [0.2, 0.25) is 5.91 Å². The number of β-amino-alcohol motifs (C(OH)–C–C–N with tert-alkyl or cyclic N) is 1. The topological polar surface area (TPSA) is 55.8 Å². The Morgan fingerprint density at radius 1 is 1.43 bits per heavy atom. The van der Waals surface area contributed by atoms with Gasteiger partial charge >= 0.3 is 0 Å². The van der Waals surface area contributed by atoms with E-state index in [0.717, 1.165) is 25.2 Å². The van der Waals surface area contributed by atoms with Crippen LogP contribution in [0.15, 0.2) is 24.3 Å². The van der Waals surface area contributed by atoms with Gasteiger partial charge in [0.25, 0.3) is 0 Å². The van der Waals surface area contributed by atoms with E-state index in [1.165, 1.54) is 0 Å². The number of amides is 1. The molecule has 2 rings (SSSR count). The maximum atomic E-state index is 12.1. The highest BCUT2D eigenvalue weighted by molar-refractivity contribution is 6.31. The molecule has 0 aromatic heterocycles. The van der Waals surface area contributed by atoms with Crippen LogP contribution in [0, 0.1) is 0 Å². The zero-order valence-electron chi connectivity index (χ0n) is 13.8. The van der Waals surface area contributed by atoms with Gasteiger partial charge in [-0.2, -0.15) is 0 Å². The van der Waals surface area contributed by atoms with Gasteiger partial charge in [0, 0.05) is 43.8 Å². The highest BCUT2D eigenvalue weighted by atomic mass is 35.5. The Hall–Kier alpha value is -1.14. The predicted octanol–water partition coefficient (Wildman–Crippen LogP) is 1.34. The lowest BCUT2D eigenvalue weighted by atomic mass is 10.1. The average molecular weight is 340 g/mol. The fraction of sp³-hybridized carbons (Fsp3) is 0.588. The number of hydrogen-bond acceptors (Lipinski definition) is 4. The van der Waals surface area contributed by atoms with Gasteiger partial charge in [0.05, 0.1) is 12.6 Å². The van der Waals surface area contributed by atoms with Gasteiger partial charge < -0.3 is 10.4 Å². The van der Waals surface area contributed by atoms with E-state index in [0.29, 0.717) is 30.7 Å². The molecule has 23 heavy (non-hydrogen) atoms. The van der Waals surface area contributed by atoms with Gasteiger partial charge in [-0.05, 0) is 25.5 Å². The minimum atomic E-state index is -0.317. The third kappa shape index (κ3) is 5.77. The molecule has 2 atom stereocenters. The van der Waals surface area contributed by atoms with Gasteiger partial charge in [0.15, 0.2) is 0 Å². The number of nitrogens with zero attached hydrogens (tertiary/aromatic N) is 2. The monoisotopic (exact) mass is 339 g/mol. The second kappa shape index (κ2) is 8.64. The lowest BCUT2D eigenvalue weighted by molar-refractivity contribution is -0.123.